The Balaban J connectivity index is 2.45. The Morgan fingerprint density at radius 3 is 2.55 bits per heavy atom. The molecule has 0 radical (unpaired) electrons. The van der Waals surface area contributed by atoms with Gasteiger partial charge >= 0.3 is 0 Å². The number of benzene rings is 1. The Morgan fingerprint density at radius 2 is 2.05 bits per heavy atom. The number of rotatable bonds is 5. The van der Waals surface area contributed by atoms with Crippen LogP contribution in [0.4, 0.5) is 11.4 Å². The fraction of sp³-hybridized carbons (Fsp3) is 0.231. The van der Waals surface area contributed by atoms with Crippen LogP contribution in [0.5, 0.6) is 0 Å². The monoisotopic (exact) mass is 341 g/mol. The Hall–Kier alpha value is -1.97. The quantitative estimate of drug-likeness (QED) is 0.663. The van der Waals surface area contributed by atoms with Crippen molar-refractivity contribution >= 4 is 32.7 Å². The SMILES string of the molecule is Cc1ccsc1CN(C)c1ccc([N+](=O)[O-])cc1S(N)(=O)=O. The smallest absolute Gasteiger partial charge is 0.270 e. The molecule has 2 aromatic rings. The minimum Gasteiger partial charge on any atom is -0.368 e. The summed E-state index contributed by atoms with van der Waals surface area (Å²) in [6, 6.07) is 5.63. The number of hydrogen-bond donors (Lipinski definition) is 1. The molecule has 22 heavy (non-hydrogen) atoms. The van der Waals surface area contributed by atoms with Crippen molar-refractivity contribution in [2.45, 2.75) is 18.4 Å². The normalized spacial score (nSPS) is 11.4. The van der Waals surface area contributed by atoms with E-state index in [0.717, 1.165) is 16.5 Å². The first-order valence-corrected chi connectivity index (χ1v) is 8.68. The van der Waals surface area contributed by atoms with Crippen molar-refractivity contribution < 1.29 is 13.3 Å². The van der Waals surface area contributed by atoms with Crippen LogP contribution in [0, 0.1) is 17.0 Å². The third-order valence-corrected chi connectivity index (χ3v) is 5.17. The number of sulfonamides is 1. The number of primary sulfonamides is 1. The first-order chi connectivity index (χ1) is 10.2. The van der Waals surface area contributed by atoms with Crippen LogP contribution in [0.1, 0.15) is 10.4 Å². The van der Waals surface area contributed by atoms with Gasteiger partial charge in [-0.25, -0.2) is 13.6 Å². The molecule has 0 unspecified atom stereocenters. The van der Waals surface area contributed by atoms with Crippen molar-refractivity contribution in [3.8, 4) is 0 Å². The van der Waals surface area contributed by atoms with Gasteiger partial charge < -0.3 is 4.90 Å². The second kappa shape index (κ2) is 6.03. The zero-order valence-electron chi connectivity index (χ0n) is 12.0. The molecule has 0 aliphatic carbocycles. The van der Waals surface area contributed by atoms with E-state index in [0.29, 0.717) is 12.2 Å². The molecule has 1 heterocycles. The summed E-state index contributed by atoms with van der Waals surface area (Å²) in [5.41, 5.74) is 1.13. The number of hydrogen-bond acceptors (Lipinski definition) is 6. The fourth-order valence-corrected chi connectivity index (χ4v) is 3.79. The van der Waals surface area contributed by atoms with Crippen molar-refractivity contribution in [2.24, 2.45) is 5.14 Å². The Bertz CT molecular complexity index is 814. The zero-order valence-corrected chi connectivity index (χ0v) is 13.6. The summed E-state index contributed by atoms with van der Waals surface area (Å²) in [4.78, 5) is 12.7. The van der Waals surface area contributed by atoms with Crippen LogP contribution in [0.2, 0.25) is 0 Å². The number of thiophene rings is 1. The highest BCUT2D eigenvalue weighted by Crippen LogP contribution is 2.30. The lowest BCUT2D eigenvalue weighted by Gasteiger charge is -2.21. The van der Waals surface area contributed by atoms with Gasteiger partial charge in [0, 0.05) is 24.1 Å². The standard InChI is InChI=1S/C13H15N3O4S2/c1-9-5-6-21-12(9)8-15(2)11-4-3-10(16(17)18)7-13(11)22(14,19)20/h3-7H,8H2,1-2H3,(H2,14,19,20). The van der Waals surface area contributed by atoms with Crippen LogP contribution < -0.4 is 10.0 Å². The molecule has 0 saturated heterocycles. The van der Waals surface area contributed by atoms with Crippen LogP contribution in [0.25, 0.3) is 0 Å². The molecule has 0 aliphatic heterocycles. The van der Waals surface area contributed by atoms with Crippen molar-refractivity contribution in [3.63, 3.8) is 0 Å². The molecule has 0 amide bonds. The summed E-state index contributed by atoms with van der Waals surface area (Å²) >= 11 is 1.56. The molecule has 118 valence electrons. The van der Waals surface area contributed by atoms with E-state index < -0.39 is 14.9 Å². The van der Waals surface area contributed by atoms with Crippen molar-refractivity contribution in [1.82, 2.24) is 0 Å². The lowest BCUT2D eigenvalue weighted by molar-refractivity contribution is -0.385. The van der Waals surface area contributed by atoms with E-state index in [1.165, 1.54) is 12.1 Å². The average Bonchev–Trinajstić information content (AvgIpc) is 2.82. The number of nitro groups is 1. The van der Waals surface area contributed by atoms with Crippen LogP contribution in [0.3, 0.4) is 0 Å². The number of aryl methyl sites for hydroxylation is 1. The van der Waals surface area contributed by atoms with E-state index in [4.69, 9.17) is 5.14 Å². The molecule has 0 aliphatic rings. The third-order valence-electron chi connectivity index (χ3n) is 3.22. The predicted molar refractivity (Wildman–Crippen MR) is 85.6 cm³/mol. The van der Waals surface area contributed by atoms with Gasteiger partial charge in [-0.15, -0.1) is 11.3 Å². The van der Waals surface area contributed by atoms with E-state index in [-0.39, 0.29) is 10.6 Å². The topological polar surface area (TPSA) is 107 Å². The molecule has 0 spiro atoms. The fourth-order valence-electron chi connectivity index (χ4n) is 2.03. The van der Waals surface area contributed by atoms with Gasteiger partial charge in [0.05, 0.1) is 17.2 Å². The lowest BCUT2D eigenvalue weighted by Crippen LogP contribution is -2.22. The highest BCUT2D eigenvalue weighted by molar-refractivity contribution is 7.89. The van der Waals surface area contributed by atoms with E-state index >= 15 is 0 Å². The Morgan fingerprint density at radius 1 is 1.36 bits per heavy atom. The molecule has 1 aromatic carbocycles. The van der Waals surface area contributed by atoms with Crippen LogP contribution >= 0.6 is 11.3 Å². The number of non-ortho nitro benzene ring substituents is 1. The average molecular weight is 341 g/mol. The molecular weight excluding hydrogens is 326 g/mol. The molecular formula is C13H15N3O4S2. The van der Waals surface area contributed by atoms with Crippen molar-refractivity contribution in [2.75, 3.05) is 11.9 Å². The second-order valence-electron chi connectivity index (χ2n) is 4.84. The largest absolute Gasteiger partial charge is 0.368 e. The first-order valence-electron chi connectivity index (χ1n) is 6.25. The van der Waals surface area contributed by atoms with Gasteiger partial charge in [-0.2, -0.15) is 0 Å². The first kappa shape index (κ1) is 16.4. The van der Waals surface area contributed by atoms with Gasteiger partial charge in [0.1, 0.15) is 4.90 Å². The Labute approximate surface area is 132 Å². The van der Waals surface area contributed by atoms with Gasteiger partial charge in [0.15, 0.2) is 0 Å². The highest BCUT2D eigenvalue weighted by Gasteiger charge is 2.21. The predicted octanol–water partition coefficient (Wildman–Crippen LogP) is 2.25. The number of nitrogens with zero attached hydrogens (tertiary/aromatic N) is 2. The minimum atomic E-state index is -4.07. The molecule has 2 N–H and O–H groups in total. The zero-order chi connectivity index (χ0) is 16.5. The van der Waals surface area contributed by atoms with Gasteiger partial charge in [-0.3, -0.25) is 10.1 Å². The van der Waals surface area contributed by atoms with Crippen molar-refractivity contribution in [3.05, 3.63) is 50.2 Å². The maximum Gasteiger partial charge on any atom is 0.270 e. The molecule has 0 fully saturated rings. The molecule has 0 bridgehead atoms. The molecule has 2 rings (SSSR count). The second-order valence-corrected chi connectivity index (χ2v) is 7.37. The van der Waals surface area contributed by atoms with E-state index in [1.54, 1.807) is 23.3 Å². The molecule has 7 nitrogen and oxygen atoms in total. The van der Waals surface area contributed by atoms with Gasteiger partial charge in [0.25, 0.3) is 5.69 Å². The van der Waals surface area contributed by atoms with Crippen molar-refractivity contribution in [1.29, 1.82) is 0 Å². The number of anilines is 1. The van der Waals surface area contributed by atoms with Crippen LogP contribution in [0.15, 0.2) is 34.5 Å². The van der Waals surface area contributed by atoms with E-state index in [9.17, 15) is 18.5 Å². The van der Waals surface area contributed by atoms with Gasteiger partial charge in [0.2, 0.25) is 10.0 Å². The lowest BCUT2D eigenvalue weighted by atomic mass is 10.2. The maximum atomic E-state index is 11.7. The number of nitrogens with two attached hydrogens (primary N) is 1. The summed E-state index contributed by atoms with van der Waals surface area (Å²) in [7, 11) is -2.35. The third kappa shape index (κ3) is 3.43. The molecule has 0 atom stereocenters. The molecule has 9 heteroatoms. The summed E-state index contributed by atoms with van der Waals surface area (Å²) in [5.74, 6) is 0. The van der Waals surface area contributed by atoms with Gasteiger partial charge in [-0.1, -0.05) is 0 Å². The Kier molecular flexibility index (Phi) is 4.50. The summed E-state index contributed by atoms with van der Waals surface area (Å²) in [6.45, 7) is 2.46. The molecule has 1 aromatic heterocycles. The summed E-state index contributed by atoms with van der Waals surface area (Å²) in [6.07, 6.45) is 0. The molecule has 0 saturated carbocycles. The van der Waals surface area contributed by atoms with Crippen LogP contribution in [-0.2, 0) is 16.6 Å². The van der Waals surface area contributed by atoms with E-state index in [1.807, 2.05) is 18.4 Å². The van der Waals surface area contributed by atoms with Crippen LogP contribution in [-0.4, -0.2) is 20.4 Å². The minimum absolute atomic E-state index is 0.251. The number of nitro benzene ring substituents is 1. The highest BCUT2D eigenvalue weighted by atomic mass is 32.2. The maximum absolute atomic E-state index is 11.7. The van der Waals surface area contributed by atoms with Gasteiger partial charge in [-0.05, 0) is 30.0 Å². The van der Waals surface area contributed by atoms with E-state index in [2.05, 4.69) is 0 Å². The summed E-state index contributed by atoms with van der Waals surface area (Å²) < 4.78 is 23.5. The summed E-state index contributed by atoms with van der Waals surface area (Å²) in [5, 5.41) is 18.0.